The Hall–Kier alpha value is 1.50. The second kappa shape index (κ2) is 5.63. The minimum absolute atomic E-state index is 0. The molecule has 4 N–H and O–H groups in total. The van der Waals surface area contributed by atoms with Gasteiger partial charge in [0.1, 0.15) is 11.0 Å². The fourth-order valence-electron chi connectivity index (χ4n) is 0. The van der Waals surface area contributed by atoms with Gasteiger partial charge in [-0.25, -0.2) is 0 Å². The third-order valence-electron chi connectivity index (χ3n) is 0.304. The van der Waals surface area contributed by atoms with Gasteiger partial charge in [0.15, 0.2) is 0 Å². The van der Waals surface area contributed by atoms with E-state index in [9.17, 15) is 0 Å². The first kappa shape index (κ1) is 11.3. The summed E-state index contributed by atoms with van der Waals surface area (Å²) in [6.45, 7) is 0. The molecule has 0 bridgehead atoms. The Bertz CT molecular complexity index is 34.7. The standard InChI is InChI=1S/C2H6Cl2N2.Na.H/c3-1(5)2(4)6;;/h1-2H,5-6H2;;. The van der Waals surface area contributed by atoms with E-state index in [1.54, 1.807) is 0 Å². The average Bonchev–Trinajstić information content (AvgIpc) is 1.36. The molecule has 0 saturated carbocycles. The van der Waals surface area contributed by atoms with Crippen molar-refractivity contribution in [1.82, 2.24) is 0 Å². The van der Waals surface area contributed by atoms with Crippen LogP contribution in [0.2, 0.25) is 0 Å². The molecule has 0 aromatic rings. The van der Waals surface area contributed by atoms with Crippen molar-refractivity contribution < 1.29 is 0 Å². The van der Waals surface area contributed by atoms with E-state index in [0.29, 0.717) is 0 Å². The van der Waals surface area contributed by atoms with Gasteiger partial charge in [-0.15, -0.1) is 23.2 Å². The third kappa shape index (κ3) is 7.50. The molecule has 2 atom stereocenters. The van der Waals surface area contributed by atoms with Gasteiger partial charge in [-0.3, -0.25) is 0 Å². The topological polar surface area (TPSA) is 52.0 Å². The number of hydrogen-bond donors (Lipinski definition) is 2. The Labute approximate surface area is 74.8 Å². The predicted molar refractivity (Wildman–Crippen MR) is 34.8 cm³/mol. The molecule has 0 fully saturated rings. The van der Waals surface area contributed by atoms with Crippen molar-refractivity contribution in [1.29, 1.82) is 0 Å². The van der Waals surface area contributed by atoms with Crippen LogP contribution in [0.4, 0.5) is 0 Å². The molecule has 0 rings (SSSR count). The summed E-state index contributed by atoms with van der Waals surface area (Å²) < 4.78 is 0. The Kier molecular flexibility index (Phi) is 9.11. The van der Waals surface area contributed by atoms with Gasteiger partial charge in [0, 0.05) is 0 Å². The fourth-order valence-corrected chi connectivity index (χ4v) is 0. The summed E-state index contributed by atoms with van der Waals surface area (Å²) in [5.74, 6) is 0. The van der Waals surface area contributed by atoms with E-state index in [1.807, 2.05) is 0 Å². The van der Waals surface area contributed by atoms with Crippen LogP contribution in [0.5, 0.6) is 0 Å². The van der Waals surface area contributed by atoms with Gasteiger partial charge in [-0.05, 0) is 0 Å². The fraction of sp³-hybridized carbons (Fsp3) is 1.00. The van der Waals surface area contributed by atoms with Gasteiger partial charge in [0.05, 0.1) is 0 Å². The SMILES string of the molecule is NC(Cl)C(N)Cl.[NaH]. The van der Waals surface area contributed by atoms with Crippen molar-refractivity contribution in [3.8, 4) is 0 Å². The van der Waals surface area contributed by atoms with Crippen LogP contribution in [0.25, 0.3) is 0 Å². The van der Waals surface area contributed by atoms with Crippen LogP contribution in [-0.2, 0) is 0 Å². The Balaban J connectivity index is 0. The predicted octanol–water partition coefficient (Wildman–Crippen LogP) is -0.615. The molecule has 40 valence electrons. The van der Waals surface area contributed by atoms with Gasteiger partial charge in [-0.2, -0.15) is 0 Å². The van der Waals surface area contributed by atoms with E-state index in [-0.39, 0.29) is 29.6 Å². The Morgan fingerprint density at radius 1 is 1.00 bits per heavy atom. The molecule has 5 heteroatoms. The first-order valence-corrected chi connectivity index (χ1v) is 2.31. The molecule has 0 aromatic heterocycles. The summed E-state index contributed by atoms with van der Waals surface area (Å²) in [6, 6.07) is 0. The summed E-state index contributed by atoms with van der Waals surface area (Å²) in [4.78, 5) is 0. The quantitative estimate of drug-likeness (QED) is 0.300. The molecule has 0 aliphatic rings. The number of halogens is 2. The van der Waals surface area contributed by atoms with E-state index in [1.165, 1.54) is 0 Å². The maximum atomic E-state index is 5.13. The normalized spacial score (nSPS) is 17.1. The van der Waals surface area contributed by atoms with Crippen LogP contribution in [0.3, 0.4) is 0 Å². The molecular weight excluding hydrogens is 146 g/mol. The van der Waals surface area contributed by atoms with Crippen LogP contribution in [-0.4, -0.2) is 40.6 Å². The van der Waals surface area contributed by atoms with Crippen LogP contribution in [0.15, 0.2) is 0 Å². The minimum atomic E-state index is -0.633. The summed E-state index contributed by atoms with van der Waals surface area (Å²) >= 11 is 10.3. The van der Waals surface area contributed by atoms with Crippen molar-refractivity contribution in [3.63, 3.8) is 0 Å². The van der Waals surface area contributed by atoms with Crippen LogP contribution in [0.1, 0.15) is 0 Å². The van der Waals surface area contributed by atoms with Gasteiger partial charge >= 0.3 is 29.6 Å². The number of rotatable bonds is 1. The van der Waals surface area contributed by atoms with Crippen molar-refractivity contribution in [2.24, 2.45) is 11.5 Å². The molecule has 0 aromatic carbocycles. The summed E-state index contributed by atoms with van der Waals surface area (Å²) in [7, 11) is 0. The molecule has 0 saturated heterocycles. The van der Waals surface area contributed by atoms with E-state index in [4.69, 9.17) is 34.7 Å². The molecule has 7 heavy (non-hydrogen) atoms. The van der Waals surface area contributed by atoms with Crippen LogP contribution >= 0.6 is 23.2 Å². The van der Waals surface area contributed by atoms with Gasteiger partial charge in [0.2, 0.25) is 0 Å². The van der Waals surface area contributed by atoms with Gasteiger partial charge in [0.25, 0.3) is 0 Å². The molecule has 2 nitrogen and oxygen atoms in total. The zero-order valence-corrected chi connectivity index (χ0v) is 4.58. The molecule has 0 amide bonds. The van der Waals surface area contributed by atoms with Gasteiger partial charge < -0.3 is 11.5 Å². The number of hydrogen-bond acceptors (Lipinski definition) is 2. The zero-order chi connectivity index (χ0) is 5.15. The van der Waals surface area contributed by atoms with E-state index in [0.717, 1.165) is 0 Å². The monoisotopic (exact) mass is 152 g/mol. The Morgan fingerprint density at radius 2 is 1.14 bits per heavy atom. The van der Waals surface area contributed by atoms with Crippen molar-refractivity contribution >= 4 is 52.8 Å². The first-order valence-electron chi connectivity index (χ1n) is 1.44. The molecule has 0 aliphatic carbocycles. The first-order chi connectivity index (χ1) is 2.64. The second-order valence-electron chi connectivity index (χ2n) is 0.889. The molecule has 0 aliphatic heterocycles. The Morgan fingerprint density at radius 3 is 1.14 bits per heavy atom. The molecule has 2 unspecified atom stereocenters. The van der Waals surface area contributed by atoms with E-state index >= 15 is 0 Å². The molecule has 0 spiro atoms. The third-order valence-corrected chi connectivity index (χ3v) is 0.976. The van der Waals surface area contributed by atoms with E-state index < -0.39 is 11.0 Å². The second-order valence-corrected chi connectivity index (χ2v) is 1.90. The maximum absolute atomic E-state index is 5.13. The molecule has 0 heterocycles. The van der Waals surface area contributed by atoms with Crippen molar-refractivity contribution in [3.05, 3.63) is 0 Å². The van der Waals surface area contributed by atoms with Gasteiger partial charge in [-0.1, -0.05) is 0 Å². The van der Waals surface area contributed by atoms with E-state index in [2.05, 4.69) is 0 Å². The molecular formula is C2H7Cl2N2Na. The number of nitrogens with two attached hydrogens (primary N) is 2. The van der Waals surface area contributed by atoms with Crippen molar-refractivity contribution in [2.75, 3.05) is 0 Å². The van der Waals surface area contributed by atoms with Crippen molar-refractivity contribution in [2.45, 2.75) is 11.0 Å². The van der Waals surface area contributed by atoms with Crippen LogP contribution in [0, 0.1) is 0 Å². The summed E-state index contributed by atoms with van der Waals surface area (Å²) in [5, 5.41) is 0. The zero-order valence-electron chi connectivity index (χ0n) is 3.07. The molecule has 0 radical (unpaired) electrons. The number of alkyl halides is 2. The summed E-state index contributed by atoms with van der Waals surface area (Å²) in [6.07, 6.45) is 0. The summed E-state index contributed by atoms with van der Waals surface area (Å²) in [5.41, 5.74) is 8.62. The van der Waals surface area contributed by atoms with Crippen LogP contribution < -0.4 is 11.5 Å². The average molecular weight is 153 g/mol.